The molecular formula is C29H28Cl2N4O5S. The topological polar surface area (TPSA) is 102 Å². The van der Waals surface area contributed by atoms with Crippen LogP contribution in [0.2, 0.25) is 10.0 Å². The van der Waals surface area contributed by atoms with E-state index in [2.05, 4.69) is 10.5 Å². The Hall–Kier alpha value is -3.99. The number of hydrogen-bond donors (Lipinski definition) is 1. The average molecular weight is 616 g/mol. The Balaban J connectivity index is 1.59. The van der Waals surface area contributed by atoms with E-state index in [9.17, 15) is 13.2 Å². The average Bonchev–Trinajstić information content (AvgIpc) is 3.25. The number of halogens is 2. The summed E-state index contributed by atoms with van der Waals surface area (Å²) in [7, 11) is -1.26. The van der Waals surface area contributed by atoms with Crippen molar-refractivity contribution in [3.8, 4) is 17.2 Å². The number of hydrazone groups is 1. The van der Waals surface area contributed by atoms with Gasteiger partial charge in [-0.1, -0.05) is 41.4 Å². The lowest BCUT2D eigenvalue weighted by Crippen LogP contribution is -2.39. The monoisotopic (exact) mass is 614 g/mol. The number of ether oxygens (including phenoxy) is 2. The number of nitrogens with one attached hydrogen (secondary N) is 1. The maximum atomic E-state index is 13.7. The lowest BCUT2D eigenvalue weighted by Gasteiger charge is -2.25. The van der Waals surface area contributed by atoms with E-state index in [0.29, 0.717) is 21.5 Å². The molecule has 0 fully saturated rings. The predicted molar refractivity (Wildman–Crippen MR) is 162 cm³/mol. The molecule has 0 unspecified atom stereocenters. The number of anilines is 1. The van der Waals surface area contributed by atoms with Gasteiger partial charge in [0.1, 0.15) is 18.0 Å². The van der Waals surface area contributed by atoms with Gasteiger partial charge in [-0.3, -0.25) is 9.10 Å². The van der Waals surface area contributed by atoms with Crippen LogP contribution in [0, 0.1) is 13.8 Å². The molecule has 0 spiro atoms. The molecule has 1 aromatic heterocycles. The van der Waals surface area contributed by atoms with Crippen LogP contribution < -0.4 is 19.2 Å². The maximum absolute atomic E-state index is 13.7. The predicted octanol–water partition coefficient (Wildman–Crippen LogP) is 5.76. The smallest absolute Gasteiger partial charge is 0.264 e. The Kier molecular flexibility index (Phi) is 9.27. The van der Waals surface area contributed by atoms with Crippen molar-refractivity contribution in [2.75, 3.05) is 25.1 Å². The largest absolute Gasteiger partial charge is 0.497 e. The van der Waals surface area contributed by atoms with Crippen LogP contribution in [0.1, 0.15) is 17.0 Å². The molecule has 12 heteroatoms. The Morgan fingerprint density at radius 1 is 1.00 bits per heavy atom. The second-order valence-corrected chi connectivity index (χ2v) is 11.5. The van der Waals surface area contributed by atoms with Gasteiger partial charge in [0.2, 0.25) is 0 Å². The lowest BCUT2D eigenvalue weighted by atomic mass is 10.2. The third-order valence-electron chi connectivity index (χ3n) is 6.32. The Labute approximate surface area is 249 Å². The molecule has 1 amide bonds. The summed E-state index contributed by atoms with van der Waals surface area (Å²) in [5, 5.41) is 4.94. The quantitative estimate of drug-likeness (QED) is 0.181. The highest BCUT2D eigenvalue weighted by Crippen LogP contribution is 2.33. The number of para-hydroxylation sites is 2. The number of hydrogen-bond acceptors (Lipinski definition) is 6. The standard InChI is InChI=1S/C29H28Cl2N4O5S/c1-19-16-21(20(2)35(19)26-10-7-8-24(30)29(26)31)17-32-33-28(36)18-34(25-9-5-6-11-27(25)40-4)41(37,38)23-14-12-22(39-3)13-15-23/h5-17H,18H2,1-4H3,(H,33,36)/b32-17-. The number of carbonyl (C=O) groups is 1. The normalized spacial score (nSPS) is 11.5. The van der Waals surface area contributed by atoms with Gasteiger partial charge in [-0.15, -0.1) is 0 Å². The molecule has 1 N–H and O–H groups in total. The molecule has 3 aromatic carbocycles. The van der Waals surface area contributed by atoms with Crippen molar-refractivity contribution in [1.82, 2.24) is 9.99 Å². The fourth-order valence-corrected chi connectivity index (χ4v) is 6.12. The van der Waals surface area contributed by atoms with Gasteiger partial charge in [0.05, 0.1) is 46.7 Å². The second-order valence-electron chi connectivity index (χ2n) is 8.89. The van der Waals surface area contributed by atoms with Crippen molar-refractivity contribution in [3.05, 3.63) is 99.8 Å². The zero-order chi connectivity index (χ0) is 29.7. The Bertz CT molecular complexity index is 1700. The molecule has 0 aliphatic rings. The van der Waals surface area contributed by atoms with Crippen molar-refractivity contribution in [2.24, 2.45) is 5.10 Å². The maximum Gasteiger partial charge on any atom is 0.264 e. The summed E-state index contributed by atoms with van der Waals surface area (Å²) in [6, 6.07) is 19.7. The van der Waals surface area contributed by atoms with E-state index in [1.165, 1.54) is 44.7 Å². The van der Waals surface area contributed by atoms with Crippen LogP contribution in [0.4, 0.5) is 5.69 Å². The molecule has 0 bridgehead atoms. The molecule has 1 heterocycles. The zero-order valence-corrected chi connectivity index (χ0v) is 25.1. The van der Waals surface area contributed by atoms with Crippen LogP contribution in [-0.4, -0.2) is 45.9 Å². The minimum absolute atomic E-state index is 0.0207. The van der Waals surface area contributed by atoms with Crippen LogP contribution in [-0.2, 0) is 14.8 Å². The number of carbonyl (C=O) groups excluding carboxylic acids is 1. The number of benzene rings is 3. The van der Waals surface area contributed by atoms with Crippen molar-refractivity contribution in [2.45, 2.75) is 18.7 Å². The van der Waals surface area contributed by atoms with Gasteiger partial charge >= 0.3 is 0 Å². The lowest BCUT2D eigenvalue weighted by molar-refractivity contribution is -0.119. The van der Waals surface area contributed by atoms with Crippen molar-refractivity contribution < 1.29 is 22.7 Å². The molecule has 0 aliphatic heterocycles. The number of aryl methyl sites for hydroxylation is 1. The fourth-order valence-electron chi connectivity index (χ4n) is 4.30. The third kappa shape index (κ3) is 6.35. The third-order valence-corrected chi connectivity index (χ3v) is 8.91. The molecule has 4 aromatic rings. The van der Waals surface area contributed by atoms with E-state index in [1.807, 2.05) is 36.6 Å². The number of sulfonamides is 1. The molecule has 0 saturated carbocycles. The number of rotatable bonds is 10. The second kappa shape index (κ2) is 12.7. The highest BCUT2D eigenvalue weighted by Gasteiger charge is 2.29. The summed E-state index contributed by atoms with van der Waals surface area (Å²) < 4.78 is 40.8. The molecule has 41 heavy (non-hydrogen) atoms. The first kappa shape index (κ1) is 30.0. The summed E-state index contributed by atoms with van der Waals surface area (Å²) in [5.41, 5.74) is 5.78. The summed E-state index contributed by atoms with van der Waals surface area (Å²) in [4.78, 5) is 13.0. The van der Waals surface area contributed by atoms with E-state index in [0.717, 1.165) is 21.3 Å². The number of methoxy groups -OCH3 is 2. The van der Waals surface area contributed by atoms with Gasteiger partial charge in [0.15, 0.2) is 0 Å². The molecule has 214 valence electrons. The van der Waals surface area contributed by atoms with Crippen LogP contribution >= 0.6 is 23.2 Å². The Morgan fingerprint density at radius 2 is 1.71 bits per heavy atom. The minimum atomic E-state index is -4.17. The summed E-state index contributed by atoms with van der Waals surface area (Å²) in [6.45, 7) is 3.25. The van der Waals surface area contributed by atoms with Gasteiger partial charge in [0.25, 0.3) is 15.9 Å². The van der Waals surface area contributed by atoms with E-state index in [-0.39, 0.29) is 16.3 Å². The van der Waals surface area contributed by atoms with Gasteiger partial charge in [0, 0.05) is 17.0 Å². The van der Waals surface area contributed by atoms with Crippen LogP contribution in [0.3, 0.4) is 0 Å². The van der Waals surface area contributed by atoms with Crippen molar-refractivity contribution >= 4 is 51.0 Å². The summed E-state index contributed by atoms with van der Waals surface area (Å²) in [6.07, 6.45) is 1.49. The van der Waals surface area contributed by atoms with Gasteiger partial charge in [-0.2, -0.15) is 5.10 Å². The molecule has 0 radical (unpaired) electrons. The van der Waals surface area contributed by atoms with E-state index in [1.54, 1.807) is 30.3 Å². The van der Waals surface area contributed by atoms with Crippen LogP contribution in [0.5, 0.6) is 11.5 Å². The van der Waals surface area contributed by atoms with Gasteiger partial charge in [-0.05, 0) is 68.4 Å². The van der Waals surface area contributed by atoms with Gasteiger partial charge in [-0.25, -0.2) is 13.8 Å². The molecule has 0 saturated heterocycles. The SMILES string of the molecule is COc1ccc(S(=O)(=O)N(CC(=O)N/N=C\c2cc(C)n(-c3cccc(Cl)c3Cl)c2C)c2ccccc2OC)cc1. The van der Waals surface area contributed by atoms with Gasteiger partial charge < -0.3 is 14.0 Å². The molecular weight excluding hydrogens is 587 g/mol. The fraction of sp³-hybridized carbons (Fsp3) is 0.172. The number of nitrogens with zero attached hydrogens (tertiary/aromatic N) is 3. The zero-order valence-electron chi connectivity index (χ0n) is 22.8. The van der Waals surface area contributed by atoms with Crippen LogP contribution in [0.15, 0.2) is 82.8 Å². The van der Waals surface area contributed by atoms with Crippen molar-refractivity contribution in [3.63, 3.8) is 0 Å². The highest BCUT2D eigenvalue weighted by atomic mass is 35.5. The number of aromatic nitrogens is 1. The van der Waals surface area contributed by atoms with E-state index < -0.39 is 22.5 Å². The van der Waals surface area contributed by atoms with E-state index in [4.69, 9.17) is 32.7 Å². The highest BCUT2D eigenvalue weighted by molar-refractivity contribution is 7.92. The summed E-state index contributed by atoms with van der Waals surface area (Å²) in [5.74, 6) is 0.126. The van der Waals surface area contributed by atoms with E-state index >= 15 is 0 Å². The summed E-state index contributed by atoms with van der Waals surface area (Å²) >= 11 is 12.6. The molecule has 0 aliphatic carbocycles. The first-order valence-corrected chi connectivity index (χ1v) is 14.5. The van der Waals surface area contributed by atoms with Crippen LogP contribution in [0.25, 0.3) is 5.69 Å². The molecule has 0 atom stereocenters. The molecule has 4 rings (SSSR count). The minimum Gasteiger partial charge on any atom is -0.497 e. The molecule has 9 nitrogen and oxygen atoms in total. The number of amides is 1. The van der Waals surface area contributed by atoms with Crippen molar-refractivity contribution in [1.29, 1.82) is 0 Å². The first-order chi connectivity index (χ1) is 19.6. The first-order valence-electron chi connectivity index (χ1n) is 12.3. The Morgan fingerprint density at radius 3 is 2.39 bits per heavy atom.